The molecule has 0 bridgehead atoms. The van der Waals surface area contributed by atoms with Crippen LogP contribution in [0.1, 0.15) is 40.0 Å². The van der Waals surface area contributed by atoms with Crippen LogP contribution in [0.15, 0.2) is 0 Å². The molecule has 2 saturated heterocycles. The van der Waals surface area contributed by atoms with Crippen molar-refractivity contribution in [2.45, 2.75) is 40.0 Å². The number of rotatable bonds is 7. The minimum atomic E-state index is 0.0425. The van der Waals surface area contributed by atoms with Crippen LogP contribution in [0, 0.1) is 11.8 Å². The van der Waals surface area contributed by atoms with Crippen molar-refractivity contribution in [2.75, 3.05) is 58.9 Å². The highest BCUT2D eigenvalue weighted by Crippen LogP contribution is 2.17. The maximum atomic E-state index is 12.4. The molecule has 2 rings (SSSR count). The van der Waals surface area contributed by atoms with Crippen molar-refractivity contribution in [2.24, 2.45) is 11.8 Å². The highest BCUT2D eigenvalue weighted by atomic mass is 16.2. The van der Waals surface area contributed by atoms with Crippen LogP contribution in [-0.4, -0.2) is 85.4 Å². The Kier molecular flexibility index (Phi) is 8.16. The second kappa shape index (κ2) is 10.1. The van der Waals surface area contributed by atoms with Gasteiger partial charge in [0.25, 0.3) is 0 Å². The second-order valence-electron chi connectivity index (χ2n) is 7.75. The Balaban J connectivity index is 1.60. The van der Waals surface area contributed by atoms with E-state index in [2.05, 4.69) is 22.0 Å². The van der Waals surface area contributed by atoms with E-state index >= 15 is 0 Å². The van der Waals surface area contributed by atoms with Gasteiger partial charge >= 0.3 is 0 Å². The fourth-order valence-electron chi connectivity index (χ4n) is 3.58. The minimum Gasteiger partial charge on any atom is -0.356 e. The topological polar surface area (TPSA) is 55.9 Å². The summed E-state index contributed by atoms with van der Waals surface area (Å²) < 4.78 is 0. The van der Waals surface area contributed by atoms with Crippen molar-refractivity contribution < 1.29 is 9.59 Å². The maximum absolute atomic E-state index is 12.4. The Morgan fingerprint density at radius 2 is 1.60 bits per heavy atom. The quantitative estimate of drug-likeness (QED) is 0.743. The first-order valence-corrected chi connectivity index (χ1v) is 9.99. The fourth-order valence-corrected chi connectivity index (χ4v) is 3.58. The molecule has 0 saturated carbocycles. The summed E-state index contributed by atoms with van der Waals surface area (Å²) in [6.45, 7) is 14.9. The fraction of sp³-hybridized carbons (Fsp3) is 0.895. The molecule has 0 aromatic rings. The van der Waals surface area contributed by atoms with Crippen LogP contribution >= 0.6 is 0 Å². The van der Waals surface area contributed by atoms with E-state index in [1.807, 2.05) is 18.7 Å². The molecule has 2 amide bonds. The van der Waals surface area contributed by atoms with Crippen molar-refractivity contribution in [3.63, 3.8) is 0 Å². The predicted molar refractivity (Wildman–Crippen MR) is 100 cm³/mol. The number of hydrogen-bond acceptors (Lipinski definition) is 4. The number of carbonyl (C=O) groups excluding carboxylic acids is 2. The Hall–Kier alpha value is -1.14. The lowest BCUT2D eigenvalue weighted by Crippen LogP contribution is -2.47. The third-order valence-electron chi connectivity index (χ3n) is 5.61. The zero-order chi connectivity index (χ0) is 18.2. The van der Waals surface area contributed by atoms with Crippen molar-refractivity contribution in [1.82, 2.24) is 20.0 Å². The molecule has 25 heavy (non-hydrogen) atoms. The molecule has 2 aliphatic rings. The van der Waals surface area contributed by atoms with Crippen LogP contribution in [0.2, 0.25) is 0 Å². The Labute approximate surface area is 152 Å². The summed E-state index contributed by atoms with van der Waals surface area (Å²) in [5.41, 5.74) is 0. The molecule has 0 unspecified atom stereocenters. The van der Waals surface area contributed by atoms with Gasteiger partial charge in [-0.3, -0.25) is 9.59 Å². The van der Waals surface area contributed by atoms with E-state index in [1.54, 1.807) is 0 Å². The lowest BCUT2D eigenvalue weighted by Gasteiger charge is -2.35. The number of amides is 2. The molecule has 2 fully saturated rings. The van der Waals surface area contributed by atoms with Gasteiger partial charge in [-0.2, -0.15) is 0 Å². The molecule has 6 heteroatoms. The first-order chi connectivity index (χ1) is 12.0. The molecule has 0 aromatic heterocycles. The number of hydrogen-bond donors (Lipinski definition) is 1. The average Bonchev–Trinajstić information content (AvgIpc) is 2.64. The van der Waals surface area contributed by atoms with Gasteiger partial charge in [0.2, 0.25) is 11.8 Å². The third kappa shape index (κ3) is 6.59. The molecule has 0 atom stereocenters. The number of likely N-dealkylation sites (tertiary alicyclic amines) is 1. The maximum Gasteiger partial charge on any atom is 0.223 e. The normalized spacial score (nSPS) is 20.9. The largest absolute Gasteiger partial charge is 0.356 e. The zero-order valence-electron chi connectivity index (χ0n) is 16.3. The van der Waals surface area contributed by atoms with Crippen LogP contribution in [-0.2, 0) is 9.59 Å². The highest BCUT2D eigenvalue weighted by molar-refractivity contribution is 5.78. The van der Waals surface area contributed by atoms with Gasteiger partial charge in [0.05, 0.1) is 0 Å². The van der Waals surface area contributed by atoms with E-state index in [9.17, 15) is 9.59 Å². The Morgan fingerprint density at radius 1 is 1.00 bits per heavy atom. The van der Waals surface area contributed by atoms with Gasteiger partial charge in [-0.25, -0.2) is 0 Å². The molecule has 144 valence electrons. The van der Waals surface area contributed by atoms with Crippen LogP contribution in [0.25, 0.3) is 0 Å². The first kappa shape index (κ1) is 20.2. The monoisotopic (exact) mass is 352 g/mol. The molecular weight excluding hydrogens is 316 g/mol. The molecule has 0 aromatic carbocycles. The Morgan fingerprint density at radius 3 is 2.16 bits per heavy atom. The molecule has 6 nitrogen and oxygen atoms in total. The molecule has 0 radical (unpaired) electrons. The summed E-state index contributed by atoms with van der Waals surface area (Å²) in [5.74, 6) is 0.971. The van der Waals surface area contributed by atoms with Crippen LogP contribution in [0.4, 0.5) is 0 Å². The lowest BCUT2D eigenvalue weighted by molar-refractivity contribution is -0.133. The molecular formula is C19H36N4O2. The first-order valence-electron chi connectivity index (χ1n) is 9.99. The second-order valence-corrected chi connectivity index (χ2v) is 7.75. The average molecular weight is 353 g/mol. The van der Waals surface area contributed by atoms with Crippen molar-refractivity contribution in [3.8, 4) is 0 Å². The summed E-state index contributed by atoms with van der Waals surface area (Å²) >= 11 is 0. The summed E-state index contributed by atoms with van der Waals surface area (Å²) in [4.78, 5) is 31.0. The number of carbonyl (C=O) groups is 2. The van der Waals surface area contributed by atoms with Gasteiger partial charge in [0.1, 0.15) is 0 Å². The number of likely N-dealkylation sites (N-methyl/N-ethyl adjacent to an activating group) is 1. The van der Waals surface area contributed by atoms with Gasteiger partial charge in [0.15, 0.2) is 0 Å². The molecule has 2 heterocycles. The summed E-state index contributed by atoms with van der Waals surface area (Å²) in [5, 5.41) is 3.02. The minimum absolute atomic E-state index is 0.0425. The van der Waals surface area contributed by atoms with E-state index in [0.717, 1.165) is 71.7 Å². The van der Waals surface area contributed by atoms with E-state index in [-0.39, 0.29) is 11.8 Å². The summed E-state index contributed by atoms with van der Waals surface area (Å²) in [7, 11) is 0. The van der Waals surface area contributed by atoms with E-state index < -0.39 is 0 Å². The molecule has 0 aliphatic carbocycles. The predicted octanol–water partition coefficient (Wildman–Crippen LogP) is 1.02. The van der Waals surface area contributed by atoms with Gasteiger partial charge in [-0.1, -0.05) is 20.8 Å². The SMILES string of the molecule is CCN1CCN(CCC(=O)N2CCC(CNC(=O)C(C)C)CC2)CC1. The van der Waals surface area contributed by atoms with Crippen molar-refractivity contribution in [3.05, 3.63) is 0 Å². The van der Waals surface area contributed by atoms with E-state index in [0.29, 0.717) is 18.2 Å². The Bertz CT molecular complexity index is 425. The smallest absolute Gasteiger partial charge is 0.223 e. The molecule has 0 spiro atoms. The van der Waals surface area contributed by atoms with Crippen LogP contribution < -0.4 is 5.32 Å². The van der Waals surface area contributed by atoms with E-state index in [1.165, 1.54) is 0 Å². The van der Waals surface area contributed by atoms with Crippen LogP contribution in [0.5, 0.6) is 0 Å². The molecule has 2 aliphatic heterocycles. The summed E-state index contributed by atoms with van der Waals surface area (Å²) in [6.07, 6.45) is 2.64. The number of piperazine rings is 1. The van der Waals surface area contributed by atoms with Crippen molar-refractivity contribution >= 4 is 11.8 Å². The third-order valence-corrected chi connectivity index (χ3v) is 5.61. The number of piperidine rings is 1. The van der Waals surface area contributed by atoms with Gasteiger partial charge in [-0.15, -0.1) is 0 Å². The zero-order valence-corrected chi connectivity index (χ0v) is 16.3. The van der Waals surface area contributed by atoms with Gasteiger partial charge in [0, 0.05) is 64.7 Å². The molecule has 1 N–H and O–H groups in total. The van der Waals surface area contributed by atoms with Crippen LogP contribution in [0.3, 0.4) is 0 Å². The number of nitrogens with zero attached hydrogens (tertiary/aromatic N) is 3. The van der Waals surface area contributed by atoms with Gasteiger partial charge < -0.3 is 20.0 Å². The van der Waals surface area contributed by atoms with Crippen molar-refractivity contribution in [1.29, 1.82) is 0 Å². The standard InChI is InChI=1S/C19H36N4O2/c1-4-21-11-13-22(14-12-21)8-7-18(24)23-9-5-17(6-10-23)15-20-19(25)16(2)3/h16-17H,4-15H2,1-3H3,(H,20,25). The lowest BCUT2D eigenvalue weighted by atomic mass is 9.96. The summed E-state index contributed by atoms with van der Waals surface area (Å²) in [6, 6.07) is 0. The van der Waals surface area contributed by atoms with E-state index in [4.69, 9.17) is 0 Å². The number of nitrogens with one attached hydrogen (secondary N) is 1. The highest BCUT2D eigenvalue weighted by Gasteiger charge is 2.24. The van der Waals surface area contributed by atoms with Gasteiger partial charge in [-0.05, 0) is 25.3 Å².